The molecule has 6 heteroatoms. The number of nitrogens with two attached hydrogens (primary N) is 1. The van der Waals surface area contributed by atoms with Crippen LogP contribution < -0.4 is 10.5 Å². The number of rotatable bonds is 6. The Hall–Kier alpha value is -1.95. The van der Waals surface area contributed by atoms with Gasteiger partial charge in [0.1, 0.15) is 24.5 Å². The van der Waals surface area contributed by atoms with Crippen LogP contribution in [0.5, 0.6) is 5.75 Å². The van der Waals surface area contributed by atoms with Crippen LogP contribution in [-0.2, 0) is 13.2 Å². The maximum atomic E-state index is 13.8. The van der Waals surface area contributed by atoms with Crippen molar-refractivity contribution in [3.63, 3.8) is 0 Å². The van der Waals surface area contributed by atoms with Gasteiger partial charge in [-0.05, 0) is 18.9 Å². The second-order valence-electron chi connectivity index (χ2n) is 5.51. The maximum absolute atomic E-state index is 13.8. The molecule has 0 aliphatic heterocycles. The van der Waals surface area contributed by atoms with Gasteiger partial charge in [0.2, 0.25) is 0 Å². The van der Waals surface area contributed by atoms with Crippen molar-refractivity contribution in [1.29, 1.82) is 0 Å². The molecule has 1 aromatic heterocycles. The second kappa shape index (κ2) is 6.67. The van der Waals surface area contributed by atoms with E-state index in [0.29, 0.717) is 17.2 Å². The van der Waals surface area contributed by atoms with Crippen molar-refractivity contribution in [3.8, 4) is 5.75 Å². The molecule has 0 radical (unpaired) electrons. The first-order chi connectivity index (χ1) is 9.97. The van der Waals surface area contributed by atoms with E-state index in [1.165, 1.54) is 12.4 Å². The summed E-state index contributed by atoms with van der Waals surface area (Å²) in [6.07, 6.45) is 1.50. The lowest BCUT2D eigenvalue weighted by Crippen LogP contribution is -2.12. The largest absolute Gasteiger partial charge is 0.486 e. The van der Waals surface area contributed by atoms with Crippen LogP contribution in [0.15, 0.2) is 24.5 Å². The first kappa shape index (κ1) is 15.4. The van der Waals surface area contributed by atoms with Crippen LogP contribution in [0.4, 0.5) is 4.39 Å². The Morgan fingerprint density at radius 1 is 1.33 bits per heavy atom. The summed E-state index contributed by atoms with van der Waals surface area (Å²) < 4.78 is 21.2. The molecule has 2 rings (SSSR count). The third kappa shape index (κ3) is 4.01. The smallest absolute Gasteiger partial charge is 0.164 e. The fourth-order valence-corrected chi connectivity index (χ4v) is 2.01. The average molecular weight is 292 g/mol. The normalized spacial score (nSPS) is 12.7. The minimum Gasteiger partial charge on any atom is -0.486 e. The molecule has 1 heterocycles. The number of aromatic nitrogens is 3. The number of nitrogens with zero attached hydrogens (tertiary/aromatic N) is 3. The minimum atomic E-state index is -0.355. The van der Waals surface area contributed by atoms with E-state index in [4.69, 9.17) is 10.5 Å². The van der Waals surface area contributed by atoms with E-state index in [1.54, 1.807) is 23.7 Å². The summed E-state index contributed by atoms with van der Waals surface area (Å²) >= 11 is 0. The van der Waals surface area contributed by atoms with E-state index in [1.807, 2.05) is 0 Å². The van der Waals surface area contributed by atoms with Crippen molar-refractivity contribution in [2.45, 2.75) is 40.0 Å². The molecule has 0 saturated carbocycles. The summed E-state index contributed by atoms with van der Waals surface area (Å²) in [5, 5.41) is 4.16. The highest BCUT2D eigenvalue weighted by molar-refractivity contribution is 5.30. The Morgan fingerprint density at radius 3 is 2.71 bits per heavy atom. The standard InChI is InChI=1S/C15H21FN4O/c1-10(2)7-20-15(18-9-19-20)8-21-12-4-5-13(11(3)17)14(16)6-12/h4-6,9-11H,7-8,17H2,1-3H3/t11-/m1/s1. The average Bonchev–Trinajstić information content (AvgIpc) is 2.82. The number of ether oxygens (including phenoxy) is 1. The van der Waals surface area contributed by atoms with Gasteiger partial charge in [-0.2, -0.15) is 5.10 Å². The molecule has 0 saturated heterocycles. The molecule has 0 bridgehead atoms. The van der Waals surface area contributed by atoms with Gasteiger partial charge < -0.3 is 10.5 Å². The first-order valence-corrected chi connectivity index (χ1v) is 7.02. The van der Waals surface area contributed by atoms with Crippen LogP contribution in [0.3, 0.4) is 0 Å². The molecule has 1 atom stereocenters. The van der Waals surface area contributed by atoms with Crippen molar-refractivity contribution in [1.82, 2.24) is 14.8 Å². The molecule has 21 heavy (non-hydrogen) atoms. The Kier molecular flexibility index (Phi) is 4.90. The molecule has 1 aromatic carbocycles. The molecule has 114 valence electrons. The van der Waals surface area contributed by atoms with Crippen molar-refractivity contribution in [2.75, 3.05) is 0 Å². The molecule has 0 spiro atoms. The van der Waals surface area contributed by atoms with Gasteiger partial charge in [-0.3, -0.25) is 0 Å². The molecule has 0 aliphatic carbocycles. The monoisotopic (exact) mass is 292 g/mol. The van der Waals surface area contributed by atoms with E-state index < -0.39 is 0 Å². The van der Waals surface area contributed by atoms with E-state index in [2.05, 4.69) is 23.9 Å². The maximum Gasteiger partial charge on any atom is 0.164 e. The molecule has 0 unspecified atom stereocenters. The summed E-state index contributed by atoms with van der Waals surface area (Å²) in [5.41, 5.74) is 6.16. The zero-order valence-electron chi connectivity index (χ0n) is 12.6. The molecule has 2 aromatic rings. The summed E-state index contributed by atoms with van der Waals surface area (Å²) in [4.78, 5) is 4.17. The lowest BCUT2D eigenvalue weighted by atomic mass is 10.1. The lowest BCUT2D eigenvalue weighted by molar-refractivity contribution is 0.281. The Bertz CT molecular complexity index is 595. The molecule has 0 amide bonds. The second-order valence-corrected chi connectivity index (χ2v) is 5.51. The zero-order chi connectivity index (χ0) is 15.4. The van der Waals surface area contributed by atoms with Crippen LogP contribution >= 0.6 is 0 Å². The summed E-state index contributed by atoms with van der Waals surface area (Å²) in [6.45, 7) is 6.98. The van der Waals surface area contributed by atoms with Gasteiger partial charge in [-0.25, -0.2) is 14.1 Å². The van der Waals surface area contributed by atoms with Gasteiger partial charge in [-0.15, -0.1) is 0 Å². The molecular weight excluding hydrogens is 271 g/mol. The number of hydrogen-bond acceptors (Lipinski definition) is 4. The third-order valence-electron chi connectivity index (χ3n) is 3.06. The van der Waals surface area contributed by atoms with Gasteiger partial charge in [0.05, 0.1) is 0 Å². The van der Waals surface area contributed by atoms with E-state index in [0.717, 1.165) is 12.4 Å². The van der Waals surface area contributed by atoms with Crippen LogP contribution in [-0.4, -0.2) is 14.8 Å². The van der Waals surface area contributed by atoms with Crippen LogP contribution in [0, 0.1) is 11.7 Å². The molecular formula is C15H21FN4O. The van der Waals surface area contributed by atoms with Crippen molar-refractivity contribution in [2.24, 2.45) is 11.7 Å². The summed E-state index contributed by atoms with van der Waals surface area (Å²) in [6, 6.07) is 4.37. The SMILES string of the molecule is CC(C)Cn1ncnc1COc1ccc([C@@H](C)N)c(F)c1. The molecule has 5 nitrogen and oxygen atoms in total. The quantitative estimate of drug-likeness (QED) is 0.889. The van der Waals surface area contributed by atoms with Crippen molar-refractivity contribution >= 4 is 0 Å². The zero-order valence-corrected chi connectivity index (χ0v) is 12.6. The van der Waals surface area contributed by atoms with Gasteiger partial charge >= 0.3 is 0 Å². The van der Waals surface area contributed by atoms with Crippen LogP contribution in [0.25, 0.3) is 0 Å². The summed E-state index contributed by atoms with van der Waals surface area (Å²) in [5.74, 6) is 1.29. The molecule has 0 fully saturated rings. The Morgan fingerprint density at radius 2 is 2.10 bits per heavy atom. The van der Waals surface area contributed by atoms with Gasteiger partial charge in [0, 0.05) is 24.2 Å². The summed E-state index contributed by atoms with van der Waals surface area (Å²) in [7, 11) is 0. The lowest BCUT2D eigenvalue weighted by Gasteiger charge is -2.11. The highest BCUT2D eigenvalue weighted by Crippen LogP contribution is 2.21. The van der Waals surface area contributed by atoms with Crippen LogP contribution in [0.1, 0.15) is 38.2 Å². The Balaban J connectivity index is 2.03. The van der Waals surface area contributed by atoms with E-state index in [9.17, 15) is 4.39 Å². The minimum absolute atomic E-state index is 0.254. The van der Waals surface area contributed by atoms with Gasteiger partial charge in [0.25, 0.3) is 0 Å². The van der Waals surface area contributed by atoms with Gasteiger partial charge in [-0.1, -0.05) is 19.9 Å². The van der Waals surface area contributed by atoms with Gasteiger partial charge in [0.15, 0.2) is 5.82 Å². The van der Waals surface area contributed by atoms with Crippen molar-refractivity contribution in [3.05, 3.63) is 41.7 Å². The highest BCUT2D eigenvalue weighted by atomic mass is 19.1. The fourth-order valence-electron chi connectivity index (χ4n) is 2.01. The Labute approximate surface area is 123 Å². The predicted octanol–water partition coefficient (Wildman–Crippen LogP) is 2.67. The first-order valence-electron chi connectivity index (χ1n) is 7.02. The highest BCUT2D eigenvalue weighted by Gasteiger charge is 2.10. The topological polar surface area (TPSA) is 66.0 Å². The van der Waals surface area contributed by atoms with E-state index in [-0.39, 0.29) is 18.5 Å². The fraction of sp³-hybridized carbons (Fsp3) is 0.467. The molecule has 0 aliphatic rings. The predicted molar refractivity (Wildman–Crippen MR) is 78.2 cm³/mol. The third-order valence-corrected chi connectivity index (χ3v) is 3.06. The molecule has 2 N–H and O–H groups in total. The number of hydrogen-bond donors (Lipinski definition) is 1. The van der Waals surface area contributed by atoms with Crippen LogP contribution in [0.2, 0.25) is 0 Å². The van der Waals surface area contributed by atoms with Crippen molar-refractivity contribution < 1.29 is 9.13 Å². The van der Waals surface area contributed by atoms with E-state index >= 15 is 0 Å². The number of halogens is 1. The number of benzene rings is 1.